The zero-order valence-corrected chi connectivity index (χ0v) is 18.6. The largest absolute Gasteiger partial charge is 0.388 e. The van der Waals surface area contributed by atoms with Gasteiger partial charge in [-0.1, -0.05) is 19.1 Å². The SMILES string of the molecule is [3H]B(S)NC(=O)c1ccc(N/N=C/c2ccc(C(=O)NCCOCCC(=O)CC)cc2)nc1. The molecule has 9 nitrogen and oxygen atoms in total. The average Bonchev–Trinajstić information content (AvgIpc) is 2.81. The van der Waals surface area contributed by atoms with Crippen molar-refractivity contribution in [1.29, 1.82) is 1.34 Å². The highest BCUT2D eigenvalue weighted by atomic mass is 32.1. The Morgan fingerprint density at radius 1 is 1.16 bits per heavy atom. The third kappa shape index (κ3) is 8.90. The molecule has 0 aliphatic rings. The van der Waals surface area contributed by atoms with Gasteiger partial charge >= 0.3 is 6.66 Å². The number of ether oxygens (including phenoxy) is 1. The maximum absolute atomic E-state index is 12.2. The van der Waals surface area contributed by atoms with Gasteiger partial charge < -0.3 is 15.3 Å². The first-order valence-electron chi connectivity index (χ1n) is 10.6. The van der Waals surface area contributed by atoms with Gasteiger partial charge in [-0.3, -0.25) is 19.8 Å². The van der Waals surface area contributed by atoms with E-state index in [1.165, 1.54) is 6.20 Å². The number of nitrogens with zero attached hydrogens (tertiary/aromatic N) is 2. The predicted octanol–water partition coefficient (Wildman–Crippen LogP) is 1.57. The van der Waals surface area contributed by atoms with Crippen LogP contribution in [0.2, 0.25) is 0 Å². The number of rotatable bonds is 13. The van der Waals surface area contributed by atoms with Crippen molar-refractivity contribution in [3.05, 3.63) is 59.3 Å². The molecule has 0 radical (unpaired) electrons. The molecule has 0 saturated heterocycles. The van der Waals surface area contributed by atoms with E-state index >= 15 is 0 Å². The van der Waals surface area contributed by atoms with E-state index in [4.69, 9.17) is 6.07 Å². The van der Waals surface area contributed by atoms with Gasteiger partial charge in [0.2, 0.25) is 5.91 Å². The number of nitrogens with one attached hydrogen (secondary N) is 3. The number of thiol groups is 1. The number of amides is 2. The van der Waals surface area contributed by atoms with Crippen LogP contribution in [0.3, 0.4) is 0 Å². The summed E-state index contributed by atoms with van der Waals surface area (Å²) >= 11 is 3.79. The highest BCUT2D eigenvalue weighted by molar-refractivity contribution is 8.06. The summed E-state index contributed by atoms with van der Waals surface area (Å²) in [6, 6.07) is 10.0. The van der Waals surface area contributed by atoms with Crippen molar-refractivity contribution in [3.8, 4) is 0 Å². The number of Topliss-reactive ketones (excluding diaryl/α,β-unsaturated/α-hetero) is 1. The first-order chi connectivity index (χ1) is 15.9. The minimum Gasteiger partial charge on any atom is -0.388 e. The molecule has 0 atom stereocenters. The Kier molecular flexibility index (Phi) is 10.3. The molecule has 11 heteroatoms. The molecule has 2 aromatic rings. The summed E-state index contributed by atoms with van der Waals surface area (Å²) in [7, 11) is 0. The summed E-state index contributed by atoms with van der Waals surface area (Å²) in [4.78, 5) is 39.2. The number of aromatic nitrogens is 1. The first kappa shape index (κ1) is 23.5. The standard InChI is InChI=1S/C21H26BN5O4S/c1-2-18(28)9-11-31-12-10-23-20(29)16-5-3-15(4-6-16)13-25-27-19-8-7-17(14-24-19)21(30)26-22-32/h3-8,13-14,22,32H,2,9-12H2,1H3,(H,23,29)(H,24,27)(H,26,30)/b25-13+/i22T. The highest BCUT2D eigenvalue weighted by Gasteiger charge is 2.06. The number of ketones is 1. The highest BCUT2D eigenvalue weighted by Crippen LogP contribution is 2.06. The number of pyridine rings is 1. The molecule has 0 spiro atoms. The summed E-state index contributed by atoms with van der Waals surface area (Å²) in [6.45, 7) is 1.88. The summed E-state index contributed by atoms with van der Waals surface area (Å²) < 4.78 is 12.6. The van der Waals surface area contributed by atoms with Crippen molar-refractivity contribution in [3.63, 3.8) is 0 Å². The number of hydrazone groups is 1. The molecule has 1 aromatic carbocycles. The van der Waals surface area contributed by atoms with Gasteiger partial charge in [0.15, 0.2) is 0 Å². The number of benzene rings is 1. The molecular formula is C21H26BN5O4S. The van der Waals surface area contributed by atoms with E-state index in [9.17, 15) is 14.4 Å². The quantitative estimate of drug-likeness (QED) is 0.119. The monoisotopic (exact) mass is 457 g/mol. The first-order valence-corrected chi connectivity index (χ1v) is 10.5. The van der Waals surface area contributed by atoms with Crippen molar-refractivity contribution < 1.29 is 19.1 Å². The van der Waals surface area contributed by atoms with Crippen molar-refractivity contribution >= 4 is 48.8 Å². The number of hydrogen-bond donors (Lipinski definition) is 4. The lowest BCUT2D eigenvalue weighted by molar-refractivity contribution is -0.119. The number of carbonyl (C=O) groups excluding carboxylic acids is 3. The zero-order chi connectivity index (χ0) is 24.1. The predicted molar refractivity (Wildman–Crippen MR) is 129 cm³/mol. The van der Waals surface area contributed by atoms with E-state index < -0.39 is 12.6 Å². The fourth-order valence-electron chi connectivity index (χ4n) is 2.43. The molecular weight excluding hydrogens is 429 g/mol. The van der Waals surface area contributed by atoms with Crippen LogP contribution in [-0.2, 0) is 9.53 Å². The Bertz CT molecular complexity index is 958. The summed E-state index contributed by atoms with van der Waals surface area (Å²) in [6.07, 6.45) is 3.84. The van der Waals surface area contributed by atoms with Crippen molar-refractivity contribution in [2.24, 2.45) is 5.10 Å². The molecule has 168 valence electrons. The van der Waals surface area contributed by atoms with Crippen LogP contribution < -0.4 is 16.0 Å². The van der Waals surface area contributed by atoms with Crippen LogP contribution in [0.1, 0.15) is 46.0 Å². The Morgan fingerprint density at radius 3 is 2.56 bits per heavy atom. The molecule has 2 amide bonds. The molecule has 0 fully saturated rings. The van der Waals surface area contributed by atoms with Gasteiger partial charge in [-0.05, 0) is 29.8 Å². The molecule has 3 N–H and O–H groups in total. The van der Waals surface area contributed by atoms with Crippen LogP contribution in [0.5, 0.6) is 0 Å². The summed E-state index contributed by atoms with van der Waals surface area (Å²) in [5, 5.41) is 9.18. The van der Waals surface area contributed by atoms with Crippen molar-refractivity contribution in [1.82, 2.24) is 15.5 Å². The van der Waals surface area contributed by atoms with Gasteiger partial charge in [-0.15, -0.1) is 0 Å². The molecule has 0 aliphatic carbocycles. The van der Waals surface area contributed by atoms with E-state index in [1.54, 1.807) is 42.6 Å². The molecule has 2 rings (SSSR count). The Morgan fingerprint density at radius 2 is 1.91 bits per heavy atom. The number of hydrogen-bond acceptors (Lipinski definition) is 8. The minimum absolute atomic E-state index is 0.157. The van der Waals surface area contributed by atoms with Gasteiger partial charge in [-0.25, -0.2) is 17.5 Å². The molecule has 0 saturated carbocycles. The maximum atomic E-state index is 12.2. The Labute approximate surface area is 194 Å². The lowest BCUT2D eigenvalue weighted by Gasteiger charge is -2.06. The maximum Gasteiger partial charge on any atom is 0.301 e. The molecule has 0 unspecified atom stereocenters. The van der Waals surface area contributed by atoms with Crippen molar-refractivity contribution in [2.75, 3.05) is 25.2 Å². The third-order valence-electron chi connectivity index (χ3n) is 4.24. The fraction of sp³-hybridized carbons (Fsp3) is 0.286. The number of anilines is 1. The smallest absolute Gasteiger partial charge is 0.301 e. The lowest BCUT2D eigenvalue weighted by Crippen LogP contribution is -2.27. The molecule has 1 aromatic heterocycles. The topological polar surface area (TPSA) is 122 Å². The van der Waals surface area contributed by atoms with E-state index in [0.717, 1.165) is 5.56 Å². The van der Waals surface area contributed by atoms with Gasteiger partial charge in [-0.2, -0.15) is 5.10 Å². The van der Waals surface area contributed by atoms with E-state index in [1.807, 2.05) is 6.92 Å². The Hall–Kier alpha value is -3.18. The van der Waals surface area contributed by atoms with Gasteiger partial charge in [0.1, 0.15) is 11.6 Å². The second kappa shape index (κ2) is 14.0. The van der Waals surface area contributed by atoms with Gasteiger partial charge in [0.25, 0.3) is 5.91 Å². The summed E-state index contributed by atoms with van der Waals surface area (Å²) in [5.41, 5.74) is 4.34. The van der Waals surface area contributed by atoms with E-state index in [2.05, 4.69) is 38.5 Å². The minimum atomic E-state index is -1.00. The third-order valence-corrected chi connectivity index (χ3v) is 4.37. The van der Waals surface area contributed by atoms with E-state index in [-0.39, 0.29) is 11.7 Å². The van der Waals surface area contributed by atoms with Crippen LogP contribution >= 0.6 is 12.5 Å². The lowest BCUT2D eigenvalue weighted by atomic mass is 10.1. The van der Waals surface area contributed by atoms with Crippen LogP contribution in [0.25, 0.3) is 0 Å². The van der Waals surface area contributed by atoms with Crippen LogP contribution in [-0.4, -0.2) is 56.5 Å². The Balaban J connectivity index is 1.74. The van der Waals surface area contributed by atoms with Crippen LogP contribution in [0.15, 0.2) is 47.7 Å². The molecule has 1 heterocycles. The zero-order valence-electron chi connectivity index (χ0n) is 18.7. The van der Waals surface area contributed by atoms with E-state index in [0.29, 0.717) is 49.5 Å². The second-order valence-electron chi connectivity index (χ2n) is 6.54. The molecule has 32 heavy (non-hydrogen) atoms. The van der Waals surface area contributed by atoms with Crippen LogP contribution in [0, 0.1) is 0 Å². The second-order valence-corrected chi connectivity index (χ2v) is 6.80. The number of carbonyl (C=O) groups is 3. The normalized spacial score (nSPS) is 11.0. The van der Waals surface area contributed by atoms with Crippen LogP contribution in [0.4, 0.5) is 5.82 Å². The fourth-order valence-corrected chi connectivity index (χ4v) is 2.55. The molecule has 0 bridgehead atoms. The van der Waals surface area contributed by atoms with Gasteiger partial charge in [0.05, 0.1) is 25.0 Å². The molecule has 0 aliphatic heterocycles. The van der Waals surface area contributed by atoms with Crippen molar-refractivity contribution in [2.45, 2.75) is 19.8 Å². The van der Waals surface area contributed by atoms with Gasteiger partial charge in [0, 0.05) is 32.5 Å². The average molecular weight is 457 g/mol. The summed E-state index contributed by atoms with van der Waals surface area (Å²) in [5.74, 6) is -0.0570.